The van der Waals surface area contributed by atoms with Crippen molar-refractivity contribution in [2.75, 3.05) is 12.0 Å². The number of hydrogen-bond acceptors (Lipinski definition) is 4. The van der Waals surface area contributed by atoms with Gasteiger partial charge in [0.25, 0.3) is 0 Å². The zero-order valence-electron chi connectivity index (χ0n) is 9.06. The predicted octanol–water partition coefficient (Wildman–Crippen LogP) is 1.81. The molecular weight excluding hydrogens is 198 g/mol. The Hall–Kier alpha value is -0.240. The van der Waals surface area contributed by atoms with Crippen molar-refractivity contribution in [1.29, 1.82) is 5.26 Å². The molecule has 14 heavy (non-hydrogen) atoms. The second kappa shape index (κ2) is 8.10. The maximum Gasteiger partial charge on any atom is 0.144 e. The maximum absolute atomic E-state index is 9.20. The molecule has 0 aromatic carbocycles. The molecule has 0 saturated heterocycles. The van der Waals surface area contributed by atoms with Gasteiger partial charge < -0.3 is 9.84 Å². The van der Waals surface area contributed by atoms with Crippen LogP contribution in [0.3, 0.4) is 0 Å². The third kappa shape index (κ3) is 6.25. The predicted molar refractivity (Wildman–Crippen MR) is 59.2 cm³/mol. The first-order valence-corrected chi connectivity index (χ1v) is 6.23. The Kier molecular flexibility index (Phi) is 7.96. The van der Waals surface area contributed by atoms with Crippen LogP contribution >= 0.6 is 11.8 Å². The van der Waals surface area contributed by atoms with Gasteiger partial charge in [-0.3, -0.25) is 0 Å². The van der Waals surface area contributed by atoms with Crippen LogP contribution in [0.25, 0.3) is 0 Å². The van der Waals surface area contributed by atoms with E-state index < -0.39 is 6.10 Å². The first-order valence-electron chi connectivity index (χ1n) is 4.84. The van der Waals surface area contributed by atoms with Crippen molar-refractivity contribution in [3.8, 4) is 6.07 Å². The van der Waals surface area contributed by atoms with Gasteiger partial charge in [-0.05, 0) is 38.7 Å². The first kappa shape index (κ1) is 13.8. The standard InChI is InChI=1S/C10H19NO2S/c1-8(12)9(2)13-10(7-11)5-4-6-14-3/h8-10,12H,4-6H2,1-3H3. The number of nitrogens with zero attached hydrogens (tertiary/aromatic N) is 1. The number of aliphatic hydroxyl groups is 1. The smallest absolute Gasteiger partial charge is 0.144 e. The maximum atomic E-state index is 9.20. The van der Waals surface area contributed by atoms with Crippen LogP contribution in [0.2, 0.25) is 0 Å². The summed E-state index contributed by atoms with van der Waals surface area (Å²) in [6.45, 7) is 3.45. The molecule has 3 unspecified atom stereocenters. The normalized spacial score (nSPS) is 17.1. The van der Waals surface area contributed by atoms with E-state index in [-0.39, 0.29) is 12.2 Å². The molecule has 1 N–H and O–H groups in total. The minimum Gasteiger partial charge on any atom is -0.391 e. The van der Waals surface area contributed by atoms with Crippen LogP contribution in [0.1, 0.15) is 26.7 Å². The van der Waals surface area contributed by atoms with E-state index in [9.17, 15) is 5.11 Å². The fraction of sp³-hybridized carbons (Fsp3) is 0.900. The number of hydrogen-bond donors (Lipinski definition) is 1. The molecule has 0 heterocycles. The number of ether oxygens (including phenoxy) is 1. The van der Waals surface area contributed by atoms with Crippen LogP contribution in [-0.4, -0.2) is 35.4 Å². The first-order chi connectivity index (χ1) is 6.61. The van der Waals surface area contributed by atoms with Gasteiger partial charge in [0.05, 0.1) is 18.3 Å². The summed E-state index contributed by atoms with van der Waals surface area (Å²) >= 11 is 1.76. The molecule has 3 atom stereocenters. The van der Waals surface area contributed by atoms with Gasteiger partial charge in [-0.2, -0.15) is 17.0 Å². The average Bonchev–Trinajstić information content (AvgIpc) is 2.16. The number of nitriles is 1. The van der Waals surface area contributed by atoms with E-state index in [2.05, 4.69) is 6.07 Å². The molecule has 0 bridgehead atoms. The van der Waals surface area contributed by atoms with Gasteiger partial charge in [-0.25, -0.2) is 0 Å². The lowest BCUT2D eigenvalue weighted by atomic mass is 10.2. The molecule has 0 aliphatic rings. The highest BCUT2D eigenvalue weighted by atomic mass is 32.2. The van der Waals surface area contributed by atoms with Gasteiger partial charge >= 0.3 is 0 Å². The van der Waals surface area contributed by atoms with Gasteiger partial charge in [-0.15, -0.1) is 0 Å². The second-order valence-corrected chi connectivity index (χ2v) is 4.32. The summed E-state index contributed by atoms with van der Waals surface area (Å²) in [4.78, 5) is 0. The van der Waals surface area contributed by atoms with Gasteiger partial charge in [0.2, 0.25) is 0 Å². The van der Waals surface area contributed by atoms with E-state index in [1.54, 1.807) is 25.6 Å². The fourth-order valence-electron chi connectivity index (χ4n) is 0.949. The number of thioether (sulfide) groups is 1. The van der Waals surface area contributed by atoms with Crippen molar-refractivity contribution >= 4 is 11.8 Å². The Morgan fingerprint density at radius 2 is 2.14 bits per heavy atom. The Morgan fingerprint density at radius 3 is 2.57 bits per heavy atom. The number of aliphatic hydroxyl groups excluding tert-OH is 1. The van der Waals surface area contributed by atoms with Gasteiger partial charge in [0.15, 0.2) is 0 Å². The molecule has 82 valence electrons. The summed E-state index contributed by atoms with van der Waals surface area (Å²) in [5.74, 6) is 1.05. The lowest BCUT2D eigenvalue weighted by molar-refractivity contribution is -0.0436. The highest BCUT2D eigenvalue weighted by Crippen LogP contribution is 2.09. The summed E-state index contributed by atoms with van der Waals surface area (Å²) in [5.41, 5.74) is 0. The van der Waals surface area contributed by atoms with Crippen LogP contribution in [0.4, 0.5) is 0 Å². The number of rotatable bonds is 7. The van der Waals surface area contributed by atoms with Crippen LogP contribution < -0.4 is 0 Å². The Bertz CT molecular complexity index is 179. The molecule has 0 aromatic heterocycles. The van der Waals surface area contributed by atoms with Crippen LogP contribution in [-0.2, 0) is 4.74 Å². The molecule has 0 rings (SSSR count). The van der Waals surface area contributed by atoms with E-state index in [4.69, 9.17) is 10.00 Å². The van der Waals surface area contributed by atoms with E-state index in [0.29, 0.717) is 0 Å². The quantitative estimate of drug-likeness (QED) is 0.661. The molecule has 0 spiro atoms. The van der Waals surface area contributed by atoms with Crippen LogP contribution in [0, 0.1) is 11.3 Å². The molecule has 0 aliphatic heterocycles. The summed E-state index contributed by atoms with van der Waals surface area (Å²) in [6.07, 6.45) is 2.59. The minimum atomic E-state index is -0.522. The lowest BCUT2D eigenvalue weighted by Gasteiger charge is -2.19. The van der Waals surface area contributed by atoms with Gasteiger partial charge in [0.1, 0.15) is 6.10 Å². The molecule has 0 radical (unpaired) electrons. The highest BCUT2D eigenvalue weighted by molar-refractivity contribution is 7.98. The van der Waals surface area contributed by atoms with E-state index in [1.807, 2.05) is 6.26 Å². The van der Waals surface area contributed by atoms with Gasteiger partial charge in [0, 0.05) is 0 Å². The Morgan fingerprint density at radius 1 is 1.50 bits per heavy atom. The largest absolute Gasteiger partial charge is 0.391 e. The molecule has 0 amide bonds. The van der Waals surface area contributed by atoms with Crippen molar-refractivity contribution in [3.63, 3.8) is 0 Å². The minimum absolute atomic E-state index is 0.270. The SMILES string of the molecule is CSCCCC(C#N)OC(C)C(C)O. The monoisotopic (exact) mass is 217 g/mol. The zero-order chi connectivity index (χ0) is 11.0. The van der Waals surface area contributed by atoms with E-state index in [1.165, 1.54) is 0 Å². The van der Waals surface area contributed by atoms with Gasteiger partial charge in [-0.1, -0.05) is 0 Å². The summed E-state index contributed by atoms with van der Waals surface area (Å²) in [7, 11) is 0. The van der Waals surface area contributed by atoms with E-state index >= 15 is 0 Å². The second-order valence-electron chi connectivity index (χ2n) is 3.33. The molecule has 0 saturated carbocycles. The molecule has 3 nitrogen and oxygen atoms in total. The average molecular weight is 217 g/mol. The molecule has 0 aromatic rings. The Balaban J connectivity index is 3.74. The fourth-order valence-corrected chi connectivity index (χ4v) is 1.40. The summed E-state index contributed by atoms with van der Waals surface area (Å²) in [6, 6.07) is 2.10. The van der Waals surface area contributed by atoms with Crippen molar-refractivity contribution in [2.24, 2.45) is 0 Å². The van der Waals surface area contributed by atoms with Crippen LogP contribution in [0.15, 0.2) is 0 Å². The van der Waals surface area contributed by atoms with Crippen LogP contribution in [0.5, 0.6) is 0 Å². The third-order valence-corrected chi connectivity index (χ3v) is 2.71. The lowest BCUT2D eigenvalue weighted by Crippen LogP contribution is -2.27. The molecule has 4 heteroatoms. The zero-order valence-corrected chi connectivity index (χ0v) is 9.88. The summed E-state index contributed by atoms with van der Waals surface area (Å²) in [5, 5.41) is 18.0. The Labute approximate surface area is 90.4 Å². The molecular formula is C10H19NO2S. The van der Waals surface area contributed by atoms with Crippen molar-refractivity contribution in [3.05, 3.63) is 0 Å². The van der Waals surface area contributed by atoms with Crippen molar-refractivity contribution in [2.45, 2.75) is 45.0 Å². The highest BCUT2D eigenvalue weighted by Gasteiger charge is 2.15. The topological polar surface area (TPSA) is 53.2 Å². The van der Waals surface area contributed by atoms with E-state index in [0.717, 1.165) is 18.6 Å². The summed E-state index contributed by atoms with van der Waals surface area (Å²) < 4.78 is 5.39. The molecule has 0 fully saturated rings. The van der Waals surface area contributed by atoms with Crippen molar-refractivity contribution < 1.29 is 9.84 Å². The molecule has 0 aliphatic carbocycles. The van der Waals surface area contributed by atoms with Crippen molar-refractivity contribution in [1.82, 2.24) is 0 Å². The third-order valence-electron chi connectivity index (χ3n) is 2.02.